The molecular weight excluding hydrogens is 379 g/mol. The number of thiazole rings is 1. The number of hydrogen-bond acceptors (Lipinski definition) is 6. The SMILES string of the molecule is COc1ccc(F)cc1CN1CCN(C(=O)C2CCCN2c2nccs2)CC1. The van der Waals surface area contributed by atoms with Crippen LogP contribution in [0, 0.1) is 5.82 Å². The zero-order valence-corrected chi connectivity index (χ0v) is 16.8. The van der Waals surface area contributed by atoms with E-state index in [-0.39, 0.29) is 17.8 Å². The maximum Gasteiger partial charge on any atom is 0.245 e. The van der Waals surface area contributed by atoms with E-state index >= 15 is 0 Å². The van der Waals surface area contributed by atoms with Gasteiger partial charge in [-0.1, -0.05) is 0 Å². The van der Waals surface area contributed by atoms with Gasteiger partial charge in [-0.2, -0.15) is 0 Å². The Morgan fingerprint density at radius 1 is 1.29 bits per heavy atom. The van der Waals surface area contributed by atoms with Crippen molar-refractivity contribution in [1.29, 1.82) is 0 Å². The molecule has 1 aromatic heterocycles. The summed E-state index contributed by atoms with van der Waals surface area (Å²) in [5, 5.41) is 2.89. The first-order valence-electron chi connectivity index (χ1n) is 9.65. The van der Waals surface area contributed by atoms with Crippen LogP contribution in [-0.2, 0) is 11.3 Å². The minimum atomic E-state index is -0.256. The summed E-state index contributed by atoms with van der Waals surface area (Å²) in [6, 6.07) is 4.51. The Hall–Kier alpha value is -2.19. The molecule has 8 heteroatoms. The lowest BCUT2D eigenvalue weighted by Gasteiger charge is -2.37. The smallest absolute Gasteiger partial charge is 0.245 e. The van der Waals surface area contributed by atoms with Gasteiger partial charge in [0, 0.05) is 56.4 Å². The van der Waals surface area contributed by atoms with E-state index < -0.39 is 0 Å². The van der Waals surface area contributed by atoms with Gasteiger partial charge in [-0.05, 0) is 31.0 Å². The van der Waals surface area contributed by atoms with Gasteiger partial charge in [0.25, 0.3) is 0 Å². The molecule has 2 fully saturated rings. The van der Waals surface area contributed by atoms with Crippen molar-refractivity contribution in [2.24, 2.45) is 0 Å². The number of carbonyl (C=O) groups is 1. The highest BCUT2D eigenvalue weighted by Gasteiger charge is 2.36. The molecule has 150 valence electrons. The fourth-order valence-electron chi connectivity index (χ4n) is 4.06. The number of piperazine rings is 1. The zero-order chi connectivity index (χ0) is 19.5. The molecule has 4 rings (SSSR count). The highest BCUT2D eigenvalue weighted by molar-refractivity contribution is 7.13. The Labute approximate surface area is 168 Å². The van der Waals surface area contributed by atoms with Crippen molar-refractivity contribution in [3.05, 3.63) is 41.2 Å². The van der Waals surface area contributed by atoms with Crippen LogP contribution in [0.1, 0.15) is 18.4 Å². The first kappa shape index (κ1) is 19.1. The van der Waals surface area contributed by atoms with Crippen LogP contribution in [0.15, 0.2) is 29.8 Å². The Balaban J connectivity index is 1.35. The van der Waals surface area contributed by atoms with E-state index in [0.29, 0.717) is 25.4 Å². The maximum atomic E-state index is 13.6. The summed E-state index contributed by atoms with van der Waals surface area (Å²) in [4.78, 5) is 23.8. The number of amides is 1. The molecule has 1 unspecified atom stereocenters. The van der Waals surface area contributed by atoms with Gasteiger partial charge in [-0.25, -0.2) is 9.37 Å². The molecule has 2 aromatic rings. The van der Waals surface area contributed by atoms with E-state index in [9.17, 15) is 9.18 Å². The van der Waals surface area contributed by atoms with E-state index in [1.165, 1.54) is 12.1 Å². The van der Waals surface area contributed by atoms with Crippen LogP contribution in [0.4, 0.5) is 9.52 Å². The topological polar surface area (TPSA) is 48.9 Å². The number of anilines is 1. The number of methoxy groups -OCH3 is 1. The molecule has 2 saturated heterocycles. The second-order valence-corrected chi connectivity index (χ2v) is 8.10. The summed E-state index contributed by atoms with van der Waals surface area (Å²) < 4.78 is 18.9. The minimum Gasteiger partial charge on any atom is -0.496 e. The molecule has 0 N–H and O–H groups in total. The van der Waals surface area contributed by atoms with Gasteiger partial charge in [0.1, 0.15) is 17.6 Å². The monoisotopic (exact) mass is 404 g/mol. The van der Waals surface area contributed by atoms with Crippen molar-refractivity contribution in [1.82, 2.24) is 14.8 Å². The lowest BCUT2D eigenvalue weighted by Crippen LogP contribution is -2.53. The van der Waals surface area contributed by atoms with Gasteiger partial charge in [0.15, 0.2) is 5.13 Å². The fraction of sp³-hybridized carbons (Fsp3) is 0.500. The Kier molecular flexibility index (Phi) is 5.77. The molecule has 1 atom stereocenters. The molecule has 0 spiro atoms. The molecule has 1 amide bonds. The van der Waals surface area contributed by atoms with E-state index in [0.717, 1.165) is 43.2 Å². The average molecular weight is 405 g/mol. The number of rotatable bonds is 5. The number of aromatic nitrogens is 1. The summed E-state index contributed by atoms with van der Waals surface area (Å²) in [5.41, 5.74) is 0.841. The third kappa shape index (κ3) is 3.98. The Morgan fingerprint density at radius 2 is 2.11 bits per heavy atom. The summed E-state index contributed by atoms with van der Waals surface area (Å²) in [5.74, 6) is 0.647. The van der Waals surface area contributed by atoms with Crippen molar-refractivity contribution >= 4 is 22.4 Å². The van der Waals surface area contributed by atoms with Crippen molar-refractivity contribution < 1.29 is 13.9 Å². The third-order valence-corrected chi connectivity index (χ3v) is 6.33. The van der Waals surface area contributed by atoms with Crippen LogP contribution >= 0.6 is 11.3 Å². The number of carbonyl (C=O) groups excluding carboxylic acids is 1. The van der Waals surface area contributed by atoms with Crippen LogP contribution < -0.4 is 9.64 Å². The predicted octanol–water partition coefficient (Wildman–Crippen LogP) is 2.60. The van der Waals surface area contributed by atoms with Gasteiger partial charge < -0.3 is 14.5 Å². The van der Waals surface area contributed by atoms with E-state index in [4.69, 9.17) is 4.74 Å². The quantitative estimate of drug-likeness (QED) is 0.767. The number of benzene rings is 1. The maximum absolute atomic E-state index is 13.6. The lowest BCUT2D eigenvalue weighted by molar-refractivity contribution is -0.134. The van der Waals surface area contributed by atoms with Crippen LogP contribution in [0.25, 0.3) is 0 Å². The van der Waals surface area contributed by atoms with Gasteiger partial charge in [-0.3, -0.25) is 9.69 Å². The molecule has 6 nitrogen and oxygen atoms in total. The first-order valence-corrected chi connectivity index (χ1v) is 10.5. The molecule has 3 heterocycles. The van der Waals surface area contributed by atoms with Crippen LogP contribution in [0.5, 0.6) is 5.75 Å². The highest BCUT2D eigenvalue weighted by Crippen LogP contribution is 2.29. The Morgan fingerprint density at radius 3 is 2.82 bits per heavy atom. The average Bonchev–Trinajstić information content (AvgIpc) is 3.40. The number of halogens is 1. The summed E-state index contributed by atoms with van der Waals surface area (Å²) in [6.45, 7) is 4.45. The second kappa shape index (κ2) is 8.45. The first-order chi connectivity index (χ1) is 13.7. The van der Waals surface area contributed by atoms with Crippen molar-refractivity contribution in [2.45, 2.75) is 25.4 Å². The molecular formula is C20H25FN4O2S. The van der Waals surface area contributed by atoms with E-state index in [1.54, 1.807) is 30.7 Å². The standard InChI is InChI=1S/C20H25FN4O2S/c1-27-18-5-4-16(21)13-15(18)14-23-8-10-24(11-9-23)19(26)17-3-2-7-25(17)20-22-6-12-28-20/h4-6,12-13,17H,2-3,7-11,14H2,1H3. The molecule has 2 aliphatic rings. The van der Waals surface area contributed by atoms with E-state index in [1.807, 2.05) is 10.3 Å². The second-order valence-electron chi connectivity index (χ2n) is 7.22. The predicted molar refractivity (Wildman–Crippen MR) is 107 cm³/mol. The molecule has 0 aliphatic carbocycles. The van der Waals surface area contributed by atoms with Gasteiger partial charge in [-0.15, -0.1) is 11.3 Å². The van der Waals surface area contributed by atoms with E-state index in [2.05, 4.69) is 14.8 Å². The van der Waals surface area contributed by atoms with Crippen LogP contribution in [0.2, 0.25) is 0 Å². The largest absolute Gasteiger partial charge is 0.496 e. The molecule has 2 aliphatic heterocycles. The van der Waals surface area contributed by atoms with Crippen molar-refractivity contribution in [2.75, 3.05) is 44.7 Å². The molecule has 28 heavy (non-hydrogen) atoms. The number of nitrogens with zero attached hydrogens (tertiary/aromatic N) is 4. The summed E-state index contributed by atoms with van der Waals surface area (Å²) >= 11 is 1.59. The summed E-state index contributed by atoms with van der Waals surface area (Å²) in [6.07, 6.45) is 3.70. The summed E-state index contributed by atoms with van der Waals surface area (Å²) in [7, 11) is 1.60. The van der Waals surface area contributed by atoms with Gasteiger partial charge in [0.2, 0.25) is 5.91 Å². The normalized spacial score (nSPS) is 20.6. The number of hydrogen-bond donors (Lipinski definition) is 0. The van der Waals surface area contributed by atoms with Gasteiger partial charge in [0.05, 0.1) is 7.11 Å². The van der Waals surface area contributed by atoms with Crippen molar-refractivity contribution in [3.8, 4) is 5.75 Å². The lowest BCUT2D eigenvalue weighted by atomic mass is 10.1. The highest BCUT2D eigenvalue weighted by atomic mass is 32.1. The third-order valence-electron chi connectivity index (χ3n) is 5.52. The van der Waals surface area contributed by atoms with Crippen LogP contribution in [-0.4, -0.2) is 66.6 Å². The molecule has 0 radical (unpaired) electrons. The molecule has 1 aromatic carbocycles. The minimum absolute atomic E-state index is 0.0963. The van der Waals surface area contributed by atoms with Gasteiger partial charge >= 0.3 is 0 Å². The number of ether oxygens (including phenoxy) is 1. The molecule has 0 bridgehead atoms. The Bertz CT molecular complexity index is 809. The molecule has 0 saturated carbocycles. The van der Waals surface area contributed by atoms with Crippen LogP contribution in [0.3, 0.4) is 0 Å². The van der Waals surface area contributed by atoms with Crippen molar-refractivity contribution in [3.63, 3.8) is 0 Å². The fourth-order valence-corrected chi connectivity index (χ4v) is 4.78. The zero-order valence-electron chi connectivity index (χ0n) is 16.0.